The predicted molar refractivity (Wildman–Crippen MR) is 114 cm³/mol. The number of nitrogens with zero attached hydrogens (tertiary/aromatic N) is 1. The zero-order valence-corrected chi connectivity index (χ0v) is 18.1. The number of methoxy groups -OCH3 is 2. The van der Waals surface area contributed by atoms with E-state index in [9.17, 15) is 9.59 Å². The minimum Gasteiger partial charge on any atom is -0.497 e. The molecule has 162 valence electrons. The molecule has 2 aliphatic heterocycles. The first kappa shape index (κ1) is 23.3. The Morgan fingerprint density at radius 2 is 1.76 bits per heavy atom. The van der Waals surface area contributed by atoms with Gasteiger partial charge >= 0.3 is 0 Å². The lowest BCUT2D eigenvalue weighted by Gasteiger charge is -2.31. The Labute approximate surface area is 178 Å². The molecule has 2 saturated heterocycles. The van der Waals surface area contributed by atoms with Gasteiger partial charge in [0.05, 0.1) is 14.2 Å². The van der Waals surface area contributed by atoms with Crippen LogP contribution in [0.2, 0.25) is 0 Å². The predicted octanol–water partition coefficient (Wildman–Crippen LogP) is 2.09. The Morgan fingerprint density at radius 3 is 2.31 bits per heavy atom. The van der Waals surface area contributed by atoms with Crippen LogP contribution >= 0.6 is 12.4 Å². The number of ether oxygens (including phenoxy) is 2. The molecule has 0 bridgehead atoms. The van der Waals surface area contributed by atoms with E-state index in [2.05, 4.69) is 10.6 Å². The lowest BCUT2D eigenvalue weighted by molar-refractivity contribution is -0.126. The molecule has 2 aliphatic rings. The summed E-state index contributed by atoms with van der Waals surface area (Å²) in [5.41, 5.74) is 0.546. The topological polar surface area (TPSA) is 79.9 Å². The maximum absolute atomic E-state index is 12.8. The number of carbonyl (C=O) groups is 2. The van der Waals surface area contributed by atoms with Crippen LogP contribution < -0.4 is 20.1 Å². The number of benzene rings is 1. The highest BCUT2D eigenvalue weighted by Gasteiger charge is 2.28. The molecule has 2 N–H and O–H groups in total. The monoisotopic (exact) mass is 425 g/mol. The van der Waals surface area contributed by atoms with Gasteiger partial charge in [0.1, 0.15) is 11.5 Å². The Bertz CT molecular complexity index is 664. The van der Waals surface area contributed by atoms with Gasteiger partial charge in [0.2, 0.25) is 5.91 Å². The summed E-state index contributed by atoms with van der Waals surface area (Å²) in [5, 5.41) is 6.43. The molecule has 29 heavy (non-hydrogen) atoms. The maximum atomic E-state index is 12.8. The van der Waals surface area contributed by atoms with Crippen molar-refractivity contribution in [3.63, 3.8) is 0 Å². The van der Waals surface area contributed by atoms with E-state index in [-0.39, 0.29) is 30.1 Å². The van der Waals surface area contributed by atoms with Crippen molar-refractivity contribution in [1.29, 1.82) is 0 Å². The third-order valence-corrected chi connectivity index (χ3v) is 5.77. The van der Waals surface area contributed by atoms with Crippen LogP contribution in [0.5, 0.6) is 11.5 Å². The molecule has 1 unspecified atom stereocenters. The average molecular weight is 426 g/mol. The smallest absolute Gasteiger partial charge is 0.254 e. The maximum Gasteiger partial charge on any atom is 0.254 e. The van der Waals surface area contributed by atoms with Crippen molar-refractivity contribution in [3.05, 3.63) is 23.8 Å². The summed E-state index contributed by atoms with van der Waals surface area (Å²) >= 11 is 0. The second kappa shape index (κ2) is 11.3. The van der Waals surface area contributed by atoms with E-state index in [0.29, 0.717) is 48.9 Å². The molecular formula is C21H32ClN3O4. The van der Waals surface area contributed by atoms with E-state index >= 15 is 0 Å². The fourth-order valence-corrected chi connectivity index (χ4v) is 3.96. The number of rotatable bonds is 7. The third kappa shape index (κ3) is 6.24. The standard InChI is InChI=1S/C21H31N3O4.ClH/c1-27-18-11-17(12-19(13-18)28-2)21(26)24-9-5-16(6-10-24)20(25)23-8-4-15-3-7-22-14-15;/h11-13,15-16,22H,3-10,14H2,1-2H3,(H,23,25);1H. The molecule has 2 fully saturated rings. The first-order valence-electron chi connectivity index (χ1n) is 10.1. The summed E-state index contributed by atoms with van der Waals surface area (Å²) in [4.78, 5) is 27.1. The molecule has 0 radical (unpaired) electrons. The number of hydrogen-bond acceptors (Lipinski definition) is 5. The van der Waals surface area contributed by atoms with Crippen molar-refractivity contribution in [2.24, 2.45) is 11.8 Å². The third-order valence-electron chi connectivity index (χ3n) is 5.77. The molecule has 0 saturated carbocycles. The molecule has 1 aromatic rings. The Kier molecular flexibility index (Phi) is 9.04. The highest BCUT2D eigenvalue weighted by molar-refractivity contribution is 5.95. The van der Waals surface area contributed by atoms with Gasteiger partial charge in [0.25, 0.3) is 5.91 Å². The van der Waals surface area contributed by atoms with Crippen LogP contribution in [0.3, 0.4) is 0 Å². The van der Waals surface area contributed by atoms with Gasteiger partial charge in [0.15, 0.2) is 0 Å². The lowest BCUT2D eigenvalue weighted by atomic mass is 9.95. The second-order valence-electron chi connectivity index (χ2n) is 7.61. The molecule has 2 heterocycles. The summed E-state index contributed by atoms with van der Waals surface area (Å²) in [6.45, 7) is 4.07. The van der Waals surface area contributed by atoms with Crippen LogP contribution in [-0.2, 0) is 4.79 Å². The van der Waals surface area contributed by atoms with Gasteiger partial charge in [-0.2, -0.15) is 0 Å². The van der Waals surface area contributed by atoms with Gasteiger partial charge in [-0.05, 0) is 56.8 Å². The molecule has 1 atom stereocenters. The van der Waals surface area contributed by atoms with Crippen molar-refractivity contribution in [1.82, 2.24) is 15.5 Å². The molecule has 3 rings (SSSR count). The Hall–Kier alpha value is -1.99. The second-order valence-corrected chi connectivity index (χ2v) is 7.61. The summed E-state index contributed by atoms with van der Waals surface area (Å²) in [6.07, 6.45) is 3.63. The largest absolute Gasteiger partial charge is 0.497 e. The minimum atomic E-state index is -0.0511. The molecule has 0 aromatic heterocycles. The van der Waals surface area contributed by atoms with Crippen molar-refractivity contribution < 1.29 is 19.1 Å². The molecule has 1 aromatic carbocycles. The van der Waals surface area contributed by atoms with Gasteiger partial charge in [-0.15, -0.1) is 12.4 Å². The zero-order chi connectivity index (χ0) is 19.9. The van der Waals surface area contributed by atoms with E-state index in [1.165, 1.54) is 6.42 Å². The van der Waals surface area contributed by atoms with E-state index in [0.717, 1.165) is 26.1 Å². The van der Waals surface area contributed by atoms with Gasteiger partial charge in [0, 0.05) is 37.2 Å². The molecule has 0 spiro atoms. The SMILES string of the molecule is COc1cc(OC)cc(C(=O)N2CCC(C(=O)NCCC3CCNC3)CC2)c1.Cl. The van der Waals surface area contributed by atoms with Gasteiger partial charge in [-0.25, -0.2) is 0 Å². The normalized spacial score (nSPS) is 19.4. The fraction of sp³-hybridized carbons (Fsp3) is 0.619. The average Bonchev–Trinajstić information content (AvgIpc) is 3.26. The van der Waals surface area contributed by atoms with Crippen LogP contribution in [0.1, 0.15) is 36.0 Å². The zero-order valence-electron chi connectivity index (χ0n) is 17.2. The van der Waals surface area contributed by atoms with E-state index in [1.807, 2.05) is 4.90 Å². The first-order chi connectivity index (χ1) is 13.6. The van der Waals surface area contributed by atoms with E-state index < -0.39 is 0 Å². The number of likely N-dealkylation sites (tertiary alicyclic amines) is 1. The van der Waals surface area contributed by atoms with Crippen LogP contribution in [0, 0.1) is 11.8 Å². The molecule has 2 amide bonds. The summed E-state index contributed by atoms with van der Waals surface area (Å²) in [5.74, 6) is 1.93. The summed E-state index contributed by atoms with van der Waals surface area (Å²) < 4.78 is 10.5. The van der Waals surface area contributed by atoms with Crippen molar-refractivity contribution >= 4 is 24.2 Å². The highest BCUT2D eigenvalue weighted by atomic mass is 35.5. The number of carbonyl (C=O) groups excluding carboxylic acids is 2. The van der Waals surface area contributed by atoms with Gasteiger partial charge in [-0.3, -0.25) is 9.59 Å². The first-order valence-corrected chi connectivity index (χ1v) is 10.1. The van der Waals surface area contributed by atoms with Gasteiger partial charge < -0.3 is 25.0 Å². The quantitative estimate of drug-likeness (QED) is 0.699. The van der Waals surface area contributed by atoms with E-state index in [1.54, 1.807) is 32.4 Å². The number of halogens is 1. The molecular weight excluding hydrogens is 394 g/mol. The fourth-order valence-electron chi connectivity index (χ4n) is 3.96. The van der Waals surface area contributed by atoms with Crippen molar-refractivity contribution in [2.45, 2.75) is 25.7 Å². The highest BCUT2D eigenvalue weighted by Crippen LogP contribution is 2.25. The van der Waals surface area contributed by atoms with Gasteiger partial charge in [-0.1, -0.05) is 0 Å². The van der Waals surface area contributed by atoms with E-state index in [4.69, 9.17) is 9.47 Å². The van der Waals surface area contributed by atoms with Crippen molar-refractivity contribution in [2.75, 3.05) is 46.9 Å². The van der Waals surface area contributed by atoms with Crippen LogP contribution in [0.15, 0.2) is 18.2 Å². The Balaban J connectivity index is 0.00000300. The number of nitrogens with one attached hydrogen (secondary N) is 2. The molecule has 7 nitrogen and oxygen atoms in total. The number of amides is 2. The summed E-state index contributed by atoms with van der Waals surface area (Å²) in [6, 6.07) is 5.19. The van der Waals surface area contributed by atoms with Crippen LogP contribution in [0.25, 0.3) is 0 Å². The molecule has 0 aliphatic carbocycles. The lowest BCUT2D eigenvalue weighted by Crippen LogP contribution is -2.43. The van der Waals surface area contributed by atoms with Crippen molar-refractivity contribution in [3.8, 4) is 11.5 Å². The number of piperidine rings is 1. The summed E-state index contributed by atoms with van der Waals surface area (Å²) in [7, 11) is 3.13. The minimum absolute atomic E-state index is 0. The molecule has 8 heteroatoms. The number of hydrogen-bond donors (Lipinski definition) is 2. The Morgan fingerprint density at radius 1 is 1.10 bits per heavy atom. The van der Waals surface area contributed by atoms with Crippen LogP contribution in [-0.4, -0.2) is 63.7 Å². The van der Waals surface area contributed by atoms with Crippen LogP contribution in [0.4, 0.5) is 0 Å².